The van der Waals surface area contributed by atoms with Crippen LogP contribution in [0.15, 0.2) is 0 Å². The molecule has 3 fully saturated rings. The van der Waals surface area contributed by atoms with Crippen molar-refractivity contribution in [3.63, 3.8) is 0 Å². The average Bonchev–Trinajstić information content (AvgIpc) is 2.79. The molecule has 3 rings (SSSR count). The van der Waals surface area contributed by atoms with Crippen molar-refractivity contribution >= 4 is 17.6 Å². The number of carbonyl (C=O) groups is 1. The zero-order chi connectivity index (χ0) is 21.2. The van der Waals surface area contributed by atoms with Gasteiger partial charge in [0.25, 0.3) is 0 Å². The highest BCUT2D eigenvalue weighted by Crippen LogP contribution is 2.42. The topological polar surface area (TPSA) is 26.3 Å². The molecule has 0 radical (unpaired) electrons. The SMILES string of the molecule is CCCCCC1CCC([C@H]2CC[C@H](C(=O)OC3CCC(CCCCl)CC3)CC2)CC1. The molecule has 0 aromatic heterocycles. The second-order valence-corrected chi connectivity index (χ2v) is 11.2. The van der Waals surface area contributed by atoms with Gasteiger partial charge < -0.3 is 4.74 Å². The molecule has 3 aliphatic rings. The minimum Gasteiger partial charge on any atom is -0.462 e. The number of ether oxygens (including phenoxy) is 1. The van der Waals surface area contributed by atoms with Crippen LogP contribution in [0.4, 0.5) is 0 Å². The minimum atomic E-state index is 0.122. The molecule has 0 amide bonds. The van der Waals surface area contributed by atoms with Crippen LogP contribution in [-0.4, -0.2) is 18.0 Å². The number of rotatable bonds is 10. The Hall–Kier alpha value is -0.240. The predicted octanol–water partition coefficient (Wildman–Crippen LogP) is 8.30. The van der Waals surface area contributed by atoms with Crippen molar-refractivity contribution in [2.24, 2.45) is 29.6 Å². The zero-order valence-electron chi connectivity index (χ0n) is 19.6. The molecule has 0 unspecified atom stereocenters. The van der Waals surface area contributed by atoms with Gasteiger partial charge in [0.1, 0.15) is 6.10 Å². The van der Waals surface area contributed by atoms with E-state index in [4.69, 9.17) is 16.3 Å². The first-order valence-electron chi connectivity index (χ1n) is 13.5. The van der Waals surface area contributed by atoms with Gasteiger partial charge in [0.15, 0.2) is 0 Å². The summed E-state index contributed by atoms with van der Waals surface area (Å²) in [6.45, 7) is 2.30. The van der Waals surface area contributed by atoms with E-state index in [1.165, 1.54) is 83.5 Å². The van der Waals surface area contributed by atoms with Gasteiger partial charge in [0, 0.05) is 5.88 Å². The summed E-state index contributed by atoms with van der Waals surface area (Å²) < 4.78 is 5.96. The largest absolute Gasteiger partial charge is 0.462 e. The van der Waals surface area contributed by atoms with Gasteiger partial charge in [-0.25, -0.2) is 0 Å². The van der Waals surface area contributed by atoms with Gasteiger partial charge in [-0.1, -0.05) is 45.4 Å². The van der Waals surface area contributed by atoms with E-state index in [0.717, 1.165) is 61.7 Å². The molecule has 0 atom stereocenters. The fraction of sp³-hybridized carbons (Fsp3) is 0.963. The Morgan fingerprint density at radius 2 is 1.27 bits per heavy atom. The Labute approximate surface area is 191 Å². The van der Waals surface area contributed by atoms with E-state index in [2.05, 4.69) is 6.92 Å². The molecule has 3 aliphatic carbocycles. The predicted molar refractivity (Wildman–Crippen MR) is 127 cm³/mol. The third-order valence-corrected chi connectivity index (χ3v) is 8.97. The fourth-order valence-corrected chi connectivity index (χ4v) is 6.78. The number of halogens is 1. The molecule has 0 heterocycles. The summed E-state index contributed by atoms with van der Waals surface area (Å²) in [6, 6.07) is 0. The van der Waals surface area contributed by atoms with Crippen molar-refractivity contribution in [2.45, 2.75) is 129 Å². The molecule has 2 nitrogen and oxygen atoms in total. The van der Waals surface area contributed by atoms with Crippen LogP contribution >= 0.6 is 11.6 Å². The van der Waals surface area contributed by atoms with Crippen LogP contribution in [0.5, 0.6) is 0 Å². The molecule has 30 heavy (non-hydrogen) atoms. The van der Waals surface area contributed by atoms with Gasteiger partial charge in [0.2, 0.25) is 0 Å². The average molecular weight is 439 g/mol. The normalized spacial score (nSPS) is 35.1. The highest BCUT2D eigenvalue weighted by atomic mass is 35.5. The first kappa shape index (κ1) is 24.4. The Balaban J connectivity index is 1.29. The molecule has 0 aromatic rings. The van der Waals surface area contributed by atoms with Crippen LogP contribution in [0.25, 0.3) is 0 Å². The first-order valence-corrected chi connectivity index (χ1v) is 14.0. The lowest BCUT2D eigenvalue weighted by atomic mass is 9.68. The number of unbranched alkanes of at least 4 members (excludes halogenated alkanes) is 2. The molecule has 0 saturated heterocycles. The standard InChI is InChI=1S/C27H47ClO2/c1-2-3-4-6-21-8-12-23(13-9-21)24-14-16-25(17-15-24)27(29)30-26-18-10-22(11-19-26)7-5-20-28/h21-26H,2-20H2,1H3/t21?,22?,23?,24-,25-,26?. The van der Waals surface area contributed by atoms with Gasteiger partial charge >= 0.3 is 5.97 Å². The Morgan fingerprint density at radius 1 is 0.733 bits per heavy atom. The lowest BCUT2D eigenvalue weighted by Crippen LogP contribution is -2.32. The summed E-state index contributed by atoms with van der Waals surface area (Å²) in [6.07, 6.45) is 23.3. The smallest absolute Gasteiger partial charge is 0.309 e. The molecule has 0 spiro atoms. The molecular formula is C27H47ClO2. The van der Waals surface area contributed by atoms with E-state index in [0.29, 0.717) is 0 Å². The summed E-state index contributed by atoms with van der Waals surface area (Å²) >= 11 is 5.82. The van der Waals surface area contributed by atoms with Gasteiger partial charge in [0.05, 0.1) is 5.92 Å². The Bertz CT molecular complexity index is 469. The van der Waals surface area contributed by atoms with E-state index in [1.807, 2.05) is 0 Å². The molecule has 0 aliphatic heterocycles. The van der Waals surface area contributed by atoms with Crippen molar-refractivity contribution in [3.05, 3.63) is 0 Å². The summed E-state index contributed by atoms with van der Waals surface area (Å²) in [4.78, 5) is 12.7. The van der Waals surface area contributed by atoms with Gasteiger partial charge in [-0.05, 0) is 101 Å². The quantitative estimate of drug-likeness (QED) is 0.195. The van der Waals surface area contributed by atoms with Crippen molar-refractivity contribution in [1.82, 2.24) is 0 Å². The van der Waals surface area contributed by atoms with Gasteiger partial charge in [-0.3, -0.25) is 4.79 Å². The van der Waals surface area contributed by atoms with Crippen LogP contribution < -0.4 is 0 Å². The van der Waals surface area contributed by atoms with Crippen molar-refractivity contribution in [3.8, 4) is 0 Å². The van der Waals surface area contributed by atoms with E-state index in [1.54, 1.807) is 0 Å². The Kier molecular flexibility index (Phi) is 10.9. The van der Waals surface area contributed by atoms with Crippen LogP contribution in [-0.2, 0) is 9.53 Å². The van der Waals surface area contributed by atoms with Crippen LogP contribution in [0.2, 0.25) is 0 Å². The summed E-state index contributed by atoms with van der Waals surface area (Å²) in [5.74, 6) is 4.70. The minimum absolute atomic E-state index is 0.122. The highest BCUT2D eigenvalue weighted by Gasteiger charge is 2.34. The van der Waals surface area contributed by atoms with Crippen LogP contribution in [0.3, 0.4) is 0 Å². The number of esters is 1. The second-order valence-electron chi connectivity index (χ2n) is 10.8. The van der Waals surface area contributed by atoms with Crippen molar-refractivity contribution in [1.29, 1.82) is 0 Å². The fourth-order valence-electron chi connectivity index (χ4n) is 6.62. The van der Waals surface area contributed by atoms with E-state index >= 15 is 0 Å². The molecule has 3 saturated carbocycles. The number of hydrogen-bond donors (Lipinski definition) is 0. The molecular weight excluding hydrogens is 392 g/mol. The summed E-state index contributed by atoms with van der Waals surface area (Å²) in [5.41, 5.74) is 0. The lowest BCUT2D eigenvalue weighted by molar-refractivity contribution is -0.157. The lowest BCUT2D eigenvalue weighted by Gasteiger charge is -2.38. The summed E-state index contributed by atoms with van der Waals surface area (Å²) in [7, 11) is 0. The van der Waals surface area contributed by atoms with Crippen molar-refractivity contribution in [2.75, 3.05) is 5.88 Å². The summed E-state index contributed by atoms with van der Waals surface area (Å²) in [5, 5.41) is 0. The maximum Gasteiger partial charge on any atom is 0.309 e. The molecule has 0 aromatic carbocycles. The Morgan fingerprint density at radius 3 is 1.83 bits per heavy atom. The molecule has 174 valence electrons. The van der Waals surface area contributed by atoms with E-state index in [9.17, 15) is 4.79 Å². The number of carbonyl (C=O) groups excluding carboxylic acids is 1. The van der Waals surface area contributed by atoms with Gasteiger partial charge in [-0.15, -0.1) is 11.6 Å². The number of hydrogen-bond acceptors (Lipinski definition) is 2. The monoisotopic (exact) mass is 438 g/mol. The third kappa shape index (κ3) is 7.72. The zero-order valence-corrected chi connectivity index (χ0v) is 20.3. The van der Waals surface area contributed by atoms with Crippen LogP contribution in [0.1, 0.15) is 122 Å². The molecule has 0 N–H and O–H groups in total. The van der Waals surface area contributed by atoms with E-state index < -0.39 is 0 Å². The second kappa shape index (κ2) is 13.3. The highest BCUT2D eigenvalue weighted by molar-refractivity contribution is 6.17. The maximum atomic E-state index is 12.7. The maximum absolute atomic E-state index is 12.7. The van der Waals surface area contributed by atoms with Crippen molar-refractivity contribution < 1.29 is 9.53 Å². The third-order valence-electron chi connectivity index (χ3n) is 8.70. The first-order chi connectivity index (χ1) is 14.7. The van der Waals surface area contributed by atoms with Crippen LogP contribution in [0, 0.1) is 29.6 Å². The van der Waals surface area contributed by atoms with E-state index in [-0.39, 0.29) is 18.0 Å². The molecule has 0 bridgehead atoms. The molecule has 3 heteroatoms. The van der Waals surface area contributed by atoms with Gasteiger partial charge in [-0.2, -0.15) is 0 Å². The number of alkyl halides is 1.